The minimum atomic E-state index is -0.263. The van der Waals surface area contributed by atoms with Crippen LogP contribution in [0, 0.1) is 30.0 Å². The van der Waals surface area contributed by atoms with E-state index in [1.54, 1.807) is 30.0 Å². The number of aromatic amines is 1. The lowest BCUT2D eigenvalue weighted by Crippen LogP contribution is -2.38. The molecule has 2 aromatic rings. The van der Waals surface area contributed by atoms with E-state index in [4.69, 9.17) is 5.26 Å². The lowest BCUT2D eigenvalue weighted by Gasteiger charge is -2.28. The molecule has 23 heavy (non-hydrogen) atoms. The summed E-state index contributed by atoms with van der Waals surface area (Å²) < 4.78 is 13.3. The van der Waals surface area contributed by atoms with E-state index in [9.17, 15) is 9.18 Å². The first-order valence-corrected chi connectivity index (χ1v) is 7.59. The molecule has 1 N–H and O–H groups in total. The molecule has 1 aliphatic rings. The third-order valence-corrected chi connectivity index (χ3v) is 4.23. The number of nitriles is 1. The van der Waals surface area contributed by atoms with E-state index in [0.29, 0.717) is 42.9 Å². The smallest absolute Gasteiger partial charge is 0.271 e. The van der Waals surface area contributed by atoms with Crippen LogP contribution >= 0.6 is 0 Å². The number of hydrogen-bond donors (Lipinski definition) is 1. The summed E-state index contributed by atoms with van der Waals surface area (Å²) >= 11 is 0. The fourth-order valence-electron chi connectivity index (χ4n) is 2.77. The van der Waals surface area contributed by atoms with Crippen molar-refractivity contribution in [2.24, 2.45) is 5.92 Å². The highest BCUT2D eigenvalue weighted by Crippen LogP contribution is 2.22. The van der Waals surface area contributed by atoms with Gasteiger partial charge in [0.1, 0.15) is 11.5 Å². The van der Waals surface area contributed by atoms with Gasteiger partial charge in [0.25, 0.3) is 5.91 Å². The summed E-state index contributed by atoms with van der Waals surface area (Å²) in [6.45, 7) is 2.86. The van der Waals surface area contributed by atoms with Crippen molar-refractivity contribution >= 4 is 5.91 Å². The molecule has 0 atom stereocenters. The number of aryl methyl sites for hydroxylation is 1. The van der Waals surface area contributed by atoms with Gasteiger partial charge in [-0.25, -0.2) is 4.39 Å². The summed E-state index contributed by atoms with van der Waals surface area (Å²) in [5.74, 6) is -0.335. The topological polar surface area (TPSA) is 72.8 Å². The van der Waals surface area contributed by atoms with Gasteiger partial charge in [-0.3, -0.25) is 9.89 Å². The number of carbonyl (C=O) groups excluding carboxylic acids is 1. The number of likely N-dealkylation sites (tertiary alicyclic amines) is 1. The van der Waals surface area contributed by atoms with E-state index >= 15 is 0 Å². The van der Waals surface area contributed by atoms with Gasteiger partial charge < -0.3 is 4.90 Å². The molecule has 0 radical (unpaired) electrons. The van der Waals surface area contributed by atoms with Crippen molar-refractivity contribution in [3.05, 3.63) is 41.3 Å². The van der Waals surface area contributed by atoms with Gasteiger partial charge in [-0.1, -0.05) is 0 Å². The third-order valence-electron chi connectivity index (χ3n) is 4.23. The Balaban J connectivity index is 1.75. The number of nitrogens with zero attached hydrogens (tertiary/aromatic N) is 3. The van der Waals surface area contributed by atoms with Crippen LogP contribution in [0.15, 0.2) is 24.3 Å². The molecule has 1 aromatic heterocycles. The Bertz CT molecular complexity index is 769. The molecule has 1 amide bonds. The summed E-state index contributed by atoms with van der Waals surface area (Å²) in [5.41, 5.74) is 2.33. The minimum Gasteiger partial charge on any atom is -0.337 e. The molecular weight excluding hydrogens is 295 g/mol. The van der Waals surface area contributed by atoms with Gasteiger partial charge in [-0.15, -0.1) is 0 Å². The normalized spacial score (nSPS) is 15.4. The molecule has 2 heterocycles. The third kappa shape index (κ3) is 3.09. The van der Waals surface area contributed by atoms with E-state index in [2.05, 4.69) is 16.3 Å². The molecule has 3 rings (SSSR count). The molecule has 0 saturated carbocycles. The number of piperidine rings is 1. The molecular formula is C17H17FN4O. The molecule has 1 aromatic carbocycles. The van der Waals surface area contributed by atoms with Crippen molar-refractivity contribution < 1.29 is 9.18 Å². The molecule has 0 unspecified atom stereocenters. The van der Waals surface area contributed by atoms with Crippen LogP contribution in [0.5, 0.6) is 0 Å². The van der Waals surface area contributed by atoms with Crippen molar-refractivity contribution in [3.8, 4) is 17.3 Å². The molecule has 6 heteroatoms. The Hall–Kier alpha value is -2.68. The predicted molar refractivity (Wildman–Crippen MR) is 83.0 cm³/mol. The van der Waals surface area contributed by atoms with Crippen LogP contribution in [0.4, 0.5) is 4.39 Å². The quantitative estimate of drug-likeness (QED) is 0.926. The van der Waals surface area contributed by atoms with Crippen LogP contribution in [0.1, 0.15) is 28.9 Å². The molecule has 5 nitrogen and oxygen atoms in total. The monoisotopic (exact) mass is 312 g/mol. The zero-order chi connectivity index (χ0) is 16.4. The highest BCUT2D eigenvalue weighted by molar-refractivity contribution is 5.93. The lowest BCUT2D eigenvalue weighted by atomic mass is 9.98. The Morgan fingerprint density at radius 3 is 2.78 bits per heavy atom. The van der Waals surface area contributed by atoms with Crippen LogP contribution < -0.4 is 0 Å². The summed E-state index contributed by atoms with van der Waals surface area (Å²) in [6.07, 6.45) is 1.42. The number of halogens is 1. The second kappa shape index (κ2) is 6.21. The lowest BCUT2D eigenvalue weighted by molar-refractivity contribution is 0.0701. The van der Waals surface area contributed by atoms with E-state index in [1.165, 1.54) is 6.07 Å². The van der Waals surface area contributed by atoms with Gasteiger partial charge in [-0.2, -0.15) is 10.4 Å². The van der Waals surface area contributed by atoms with Crippen LogP contribution in [0.2, 0.25) is 0 Å². The largest absolute Gasteiger partial charge is 0.337 e. The van der Waals surface area contributed by atoms with Gasteiger partial charge in [0.15, 0.2) is 0 Å². The molecule has 1 fully saturated rings. The Morgan fingerprint density at radius 2 is 2.13 bits per heavy atom. The van der Waals surface area contributed by atoms with E-state index in [1.807, 2.05) is 0 Å². The summed E-state index contributed by atoms with van der Waals surface area (Å²) in [5, 5.41) is 15.8. The zero-order valence-corrected chi connectivity index (χ0v) is 12.8. The predicted octanol–water partition coefficient (Wildman–Crippen LogP) is 2.90. The molecule has 0 spiro atoms. The number of H-pyrrole nitrogens is 1. The van der Waals surface area contributed by atoms with Gasteiger partial charge in [0, 0.05) is 24.6 Å². The summed E-state index contributed by atoms with van der Waals surface area (Å²) in [6, 6.07) is 8.68. The molecule has 0 aliphatic carbocycles. The number of rotatable bonds is 2. The Labute approximate surface area is 133 Å². The van der Waals surface area contributed by atoms with Gasteiger partial charge in [0.2, 0.25) is 0 Å². The number of benzene rings is 1. The van der Waals surface area contributed by atoms with Crippen LogP contribution in [0.3, 0.4) is 0 Å². The molecule has 1 aliphatic heterocycles. The average molecular weight is 312 g/mol. The maximum absolute atomic E-state index is 13.3. The second-order valence-electron chi connectivity index (χ2n) is 5.83. The fraction of sp³-hybridized carbons (Fsp3) is 0.353. The van der Waals surface area contributed by atoms with Crippen LogP contribution in [0.25, 0.3) is 11.3 Å². The maximum Gasteiger partial charge on any atom is 0.271 e. The van der Waals surface area contributed by atoms with E-state index < -0.39 is 0 Å². The Kier molecular flexibility index (Phi) is 4.11. The first kappa shape index (κ1) is 15.2. The highest BCUT2D eigenvalue weighted by atomic mass is 19.1. The maximum atomic E-state index is 13.3. The number of amides is 1. The van der Waals surface area contributed by atoms with E-state index in [-0.39, 0.29) is 17.6 Å². The second-order valence-corrected chi connectivity index (χ2v) is 5.83. The van der Waals surface area contributed by atoms with Crippen molar-refractivity contribution in [1.82, 2.24) is 15.1 Å². The van der Waals surface area contributed by atoms with E-state index in [0.717, 1.165) is 5.56 Å². The van der Waals surface area contributed by atoms with Gasteiger partial charge in [0.05, 0.1) is 11.8 Å². The minimum absolute atomic E-state index is 0.0403. The van der Waals surface area contributed by atoms with Gasteiger partial charge >= 0.3 is 0 Å². The zero-order valence-electron chi connectivity index (χ0n) is 12.8. The number of hydrogen-bond acceptors (Lipinski definition) is 3. The van der Waals surface area contributed by atoms with Crippen LogP contribution in [-0.2, 0) is 0 Å². The van der Waals surface area contributed by atoms with Crippen molar-refractivity contribution in [2.75, 3.05) is 13.1 Å². The molecule has 1 saturated heterocycles. The Morgan fingerprint density at radius 1 is 1.39 bits per heavy atom. The van der Waals surface area contributed by atoms with Crippen LogP contribution in [-0.4, -0.2) is 34.1 Å². The SMILES string of the molecule is Cc1cc(-c2cc(C(=O)N3CCC(C#N)CC3)[nH]n2)ccc1F. The molecule has 0 bridgehead atoms. The number of aromatic nitrogens is 2. The first-order chi connectivity index (χ1) is 11.1. The fourth-order valence-corrected chi connectivity index (χ4v) is 2.77. The number of carbonyl (C=O) groups is 1. The van der Waals surface area contributed by atoms with Crippen molar-refractivity contribution in [3.63, 3.8) is 0 Å². The van der Waals surface area contributed by atoms with Crippen molar-refractivity contribution in [1.29, 1.82) is 5.26 Å². The van der Waals surface area contributed by atoms with Gasteiger partial charge in [-0.05, 0) is 49.6 Å². The highest BCUT2D eigenvalue weighted by Gasteiger charge is 2.24. The average Bonchev–Trinajstić information content (AvgIpc) is 3.07. The standard InChI is InChI=1S/C17H17FN4O/c1-11-8-13(2-3-14(11)18)15-9-16(21-20-15)17(23)22-6-4-12(10-19)5-7-22/h2-3,8-9,12H,4-7H2,1H3,(H,20,21). The van der Waals surface area contributed by atoms with Crippen molar-refractivity contribution in [2.45, 2.75) is 19.8 Å². The first-order valence-electron chi connectivity index (χ1n) is 7.59. The molecule has 118 valence electrons. The summed E-state index contributed by atoms with van der Waals surface area (Å²) in [4.78, 5) is 14.2. The number of nitrogens with one attached hydrogen (secondary N) is 1. The summed E-state index contributed by atoms with van der Waals surface area (Å²) in [7, 11) is 0.